The second kappa shape index (κ2) is 7.51. The summed E-state index contributed by atoms with van der Waals surface area (Å²) in [6.45, 7) is 2.61. The van der Waals surface area contributed by atoms with Gasteiger partial charge in [-0.25, -0.2) is 4.68 Å². The zero-order valence-electron chi connectivity index (χ0n) is 15.2. The van der Waals surface area contributed by atoms with Crippen LogP contribution in [0.2, 0.25) is 0 Å². The molecule has 7 nitrogen and oxygen atoms in total. The Balaban J connectivity index is 1.64. The Morgan fingerprint density at radius 2 is 2.11 bits per heavy atom. The minimum absolute atomic E-state index is 0.455. The van der Waals surface area contributed by atoms with Crippen LogP contribution in [-0.4, -0.2) is 38.6 Å². The number of methoxy groups -OCH3 is 1. The Morgan fingerprint density at radius 1 is 1.19 bits per heavy atom. The summed E-state index contributed by atoms with van der Waals surface area (Å²) in [6, 6.07) is 12.0. The van der Waals surface area contributed by atoms with Crippen molar-refractivity contribution in [2.75, 3.05) is 13.7 Å². The largest absolute Gasteiger partial charge is 0.384 e. The number of nitrogens with zero attached hydrogens (tertiary/aromatic N) is 5. The van der Waals surface area contributed by atoms with E-state index in [0.717, 1.165) is 28.1 Å². The van der Waals surface area contributed by atoms with Gasteiger partial charge in [-0.1, -0.05) is 17.3 Å². The lowest BCUT2D eigenvalue weighted by atomic mass is 10.1. The van der Waals surface area contributed by atoms with Crippen molar-refractivity contribution in [3.8, 4) is 28.4 Å². The fourth-order valence-electron chi connectivity index (χ4n) is 2.80. The topological polar surface area (TPSA) is 78.9 Å². The third kappa shape index (κ3) is 3.63. The lowest BCUT2D eigenvalue weighted by Gasteiger charge is -2.10. The number of aromatic nitrogens is 5. The number of aryl methyl sites for hydroxylation is 1. The van der Waals surface area contributed by atoms with Gasteiger partial charge in [-0.15, -0.1) is 0 Å². The smallest absolute Gasteiger partial charge is 0.259 e. The molecule has 1 aromatic carbocycles. The number of hydrogen-bond donors (Lipinski definition) is 0. The SMILES string of the molecule is COCCc1noc(-c2ccc(-c3ccc(C)cc3-n3cccn3)nc2)n1. The summed E-state index contributed by atoms with van der Waals surface area (Å²) >= 11 is 0. The second-order valence-corrected chi connectivity index (χ2v) is 6.16. The predicted molar refractivity (Wildman–Crippen MR) is 100 cm³/mol. The molecule has 0 radical (unpaired) electrons. The average molecular weight is 361 g/mol. The maximum atomic E-state index is 5.32. The van der Waals surface area contributed by atoms with E-state index in [1.54, 1.807) is 19.5 Å². The van der Waals surface area contributed by atoms with E-state index in [4.69, 9.17) is 9.26 Å². The molecular weight excluding hydrogens is 342 g/mol. The van der Waals surface area contributed by atoms with Crippen molar-refractivity contribution < 1.29 is 9.26 Å². The van der Waals surface area contributed by atoms with E-state index < -0.39 is 0 Å². The van der Waals surface area contributed by atoms with Crippen LogP contribution in [0.3, 0.4) is 0 Å². The van der Waals surface area contributed by atoms with Crippen LogP contribution < -0.4 is 0 Å². The van der Waals surface area contributed by atoms with Crippen molar-refractivity contribution in [2.24, 2.45) is 0 Å². The first-order valence-corrected chi connectivity index (χ1v) is 8.63. The fourth-order valence-corrected chi connectivity index (χ4v) is 2.80. The van der Waals surface area contributed by atoms with Gasteiger partial charge in [-0.2, -0.15) is 10.1 Å². The zero-order chi connectivity index (χ0) is 18.6. The molecular formula is C20H19N5O2. The van der Waals surface area contributed by atoms with Gasteiger partial charge < -0.3 is 9.26 Å². The highest BCUT2D eigenvalue weighted by Crippen LogP contribution is 2.27. The lowest BCUT2D eigenvalue weighted by Crippen LogP contribution is -1.99. The fraction of sp³-hybridized carbons (Fsp3) is 0.200. The van der Waals surface area contributed by atoms with E-state index in [1.807, 2.05) is 29.1 Å². The van der Waals surface area contributed by atoms with E-state index in [9.17, 15) is 0 Å². The van der Waals surface area contributed by atoms with Crippen LogP contribution in [0.1, 0.15) is 11.4 Å². The monoisotopic (exact) mass is 361 g/mol. The van der Waals surface area contributed by atoms with Gasteiger partial charge in [-0.3, -0.25) is 4.98 Å². The van der Waals surface area contributed by atoms with Gasteiger partial charge in [0.1, 0.15) is 0 Å². The third-order valence-corrected chi connectivity index (χ3v) is 4.19. The van der Waals surface area contributed by atoms with E-state index in [-0.39, 0.29) is 0 Å². The molecule has 3 heterocycles. The summed E-state index contributed by atoms with van der Waals surface area (Å²) < 4.78 is 12.2. The first kappa shape index (κ1) is 17.1. The van der Waals surface area contributed by atoms with E-state index in [2.05, 4.69) is 45.3 Å². The molecule has 0 saturated carbocycles. The minimum atomic E-state index is 0.455. The summed E-state index contributed by atoms with van der Waals surface area (Å²) in [5.41, 5.74) is 4.78. The molecule has 0 saturated heterocycles. The normalized spacial score (nSPS) is 11.0. The van der Waals surface area contributed by atoms with Crippen molar-refractivity contribution in [3.63, 3.8) is 0 Å². The van der Waals surface area contributed by atoms with Crippen LogP contribution in [-0.2, 0) is 11.2 Å². The van der Waals surface area contributed by atoms with E-state index in [1.165, 1.54) is 0 Å². The highest BCUT2D eigenvalue weighted by Gasteiger charge is 2.12. The molecule has 0 unspecified atom stereocenters. The number of pyridine rings is 1. The van der Waals surface area contributed by atoms with Gasteiger partial charge in [0.05, 0.1) is 23.6 Å². The van der Waals surface area contributed by atoms with Crippen molar-refractivity contribution in [1.82, 2.24) is 24.9 Å². The Hall–Kier alpha value is -3.32. The molecule has 0 aliphatic carbocycles. The van der Waals surface area contributed by atoms with Crippen LogP contribution in [0.5, 0.6) is 0 Å². The third-order valence-electron chi connectivity index (χ3n) is 4.19. The Morgan fingerprint density at radius 3 is 2.85 bits per heavy atom. The lowest BCUT2D eigenvalue weighted by molar-refractivity contribution is 0.199. The van der Waals surface area contributed by atoms with Crippen molar-refractivity contribution >= 4 is 0 Å². The molecule has 4 rings (SSSR count). The molecule has 0 amide bonds. The number of ether oxygens (including phenoxy) is 1. The van der Waals surface area contributed by atoms with Gasteiger partial charge in [0, 0.05) is 37.7 Å². The highest BCUT2D eigenvalue weighted by atomic mass is 16.5. The molecule has 3 aromatic heterocycles. The average Bonchev–Trinajstić information content (AvgIpc) is 3.39. The van der Waals surface area contributed by atoms with Crippen LogP contribution in [0.4, 0.5) is 0 Å². The number of hydrogen-bond acceptors (Lipinski definition) is 6. The van der Waals surface area contributed by atoms with Crippen LogP contribution in [0, 0.1) is 6.92 Å². The summed E-state index contributed by atoms with van der Waals surface area (Å²) in [6.07, 6.45) is 6.05. The van der Waals surface area contributed by atoms with Gasteiger partial charge >= 0.3 is 0 Å². The molecule has 0 fully saturated rings. The quantitative estimate of drug-likeness (QED) is 0.523. The zero-order valence-corrected chi connectivity index (χ0v) is 15.2. The molecule has 0 N–H and O–H groups in total. The molecule has 136 valence electrons. The second-order valence-electron chi connectivity index (χ2n) is 6.16. The molecule has 0 atom stereocenters. The van der Waals surface area contributed by atoms with Gasteiger partial charge in [0.2, 0.25) is 0 Å². The standard InChI is InChI=1S/C20H19N5O2/c1-14-4-6-16(18(12-14)25-10-3-9-22-25)17-7-5-15(13-21-17)20-23-19(24-27-20)8-11-26-2/h3-7,9-10,12-13H,8,11H2,1-2H3. The Bertz CT molecular complexity index is 1020. The van der Waals surface area contributed by atoms with Crippen molar-refractivity contribution in [3.05, 3.63) is 66.4 Å². The van der Waals surface area contributed by atoms with E-state index in [0.29, 0.717) is 24.7 Å². The molecule has 27 heavy (non-hydrogen) atoms. The predicted octanol–water partition coefficient (Wildman–Crippen LogP) is 3.48. The minimum Gasteiger partial charge on any atom is -0.384 e. The summed E-state index contributed by atoms with van der Waals surface area (Å²) in [7, 11) is 1.65. The maximum absolute atomic E-state index is 5.32. The summed E-state index contributed by atoms with van der Waals surface area (Å²) in [5, 5.41) is 8.31. The number of rotatable bonds is 6. The molecule has 0 aliphatic rings. The first-order chi connectivity index (χ1) is 13.2. The Labute approximate surface area is 156 Å². The summed E-state index contributed by atoms with van der Waals surface area (Å²) in [4.78, 5) is 8.98. The van der Waals surface area contributed by atoms with Crippen LogP contribution in [0.25, 0.3) is 28.4 Å². The summed E-state index contributed by atoms with van der Waals surface area (Å²) in [5.74, 6) is 1.08. The first-order valence-electron chi connectivity index (χ1n) is 8.63. The highest BCUT2D eigenvalue weighted by molar-refractivity contribution is 5.71. The molecule has 7 heteroatoms. The molecule has 0 bridgehead atoms. The van der Waals surface area contributed by atoms with Crippen molar-refractivity contribution in [1.29, 1.82) is 0 Å². The number of benzene rings is 1. The van der Waals surface area contributed by atoms with Crippen LogP contribution >= 0.6 is 0 Å². The maximum Gasteiger partial charge on any atom is 0.259 e. The molecule has 4 aromatic rings. The van der Waals surface area contributed by atoms with Crippen molar-refractivity contribution in [2.45, 2.75) is 13.3 Å². The van der Waals surface area contributed by atoms with E-state index >= 15 is 0 Å². The molecule has 0 spiro atoms. The molecule has 0 aliphatic heterocycles. The van der Waals surface area contributed by atoms with Gasteiger partial charge in [0.25, 0.3) is 5.89 Å². The van der Waals surface area contributed by atoms with Gasteiger partial charge in [-0.05, 0) is 36.8 Å². The Kier molecular flexibility index (Phi) is 4.76. The van der Waals surface area contributed by atoms with Gasteiger partial charge in [0.15, 0.2) is 5.82 Å². The van der Waals surface area contributed by atoms with Crippen LogP contribution in [0.15, 0.2) is 59.5 Å².